The molecule has 0 bridgehead atoms. The largest absolute Gasteiger partial charge is 0.376 e. The van der Waals surface area contributed by atoms with Crippen LogP contribution in [0.15, 0.2) is 23.6 Å². The van der Waals surface area contributed by atoms with Crippen molar-refractivity contribution in [3.05, 3.63) is 44.9 Å². The summed E-state index contributed by atoms with van der Waals surface area (Å²) in [6.45, 7) is 8.92. The van der Waals surface area contributed by atoms with Crippen LogP contribution in [0.25, 0.3) is 6.08 Å². The molecule has 1 aliphatic rings. The predicted octanol–water partition coefficient (Wildman–Crippen LogP) is 4.78. The standard InChI is InChI=1S/C21H28ClN3O2S/c1-15(2)12-25-21(22)19(16(3)23-25)8-9-20(26)24(13-17-6-4-10-27-17)14-18-7-5-11-28-18/h5,7-9,11,15,17H,4,6,10,12-14H2,1-3H3/b9-8+. The number of nitrogens with zero attached hydrogens (tertiary/aromatic N) is 3. The number of halogens is 1. The fourth-order valence-corrected chi connectivity index (χ4v) is 4.37. The Balaban J connectivity index is 1.74. The second kappa shape index (κ2) is 9.72. The number of aromatic nitrogens is 2. The molecule has 28 heavy (non-hydrogen) atoms. The number of rotatable bonds is 8. The molecule has 0 aromatic carbocycles. The van der Waals surface area contributed by atoms with E-state index >= 15 is 0 Å². The van der Waals surface area contributed by atoms with Gasteiger partial charge < -0.3 is 9.64 Å². The lowest BCUT2D eigenvalue weighted by atomic mass is 10.2. The van der Waals surface area contributed by atoms with E-state index in [1.165, 1.54) is 4.88 Å². The molecule has 152 valence electrons. The molecular weight excluding hydrogens is 394 g/mol. The molecule has 0 saturated carbocycles. The first-order chi connectivity index (χ1) is 13.4. The summed E-state index contributed by atoms with van der Waals surface area (Å²) in [6.07, 6.45) is 5.59. The molecule has 3 heterocycles. The molecule has 7 heteroatoms. The van der Waals surface area contributed by atoms with E-state index < -0.39 is 0 Å². The average molecular weight is 422 g/mol. The third-order valence-electron chi connectivity index (χ3n) is 4.73. The van der Waals surface area contributed by atoms with Crippen LogP contribution in [0.3, 0.4) is 0 Å². The fraction of sp³-hybridized carbons (Fsp3) is 0.524. The molecule has 3 rings (SSSR count). The third kappa shape index (κ3) is 5.46. The fourth-order valence-electron chi connectivity index (χ4n) is 3.34. The molecule has 5 nitrogen and oxygen atoms in total. The lowest BCUT2D eigenvalue weighted by Gasteiger charge is -2.23. The summed E-state index contributed by atoms with van der Waals surface area (Å²) < 4.78 is 7.55. The zero-order chi connectivity index (χ0) is 20.1. The van der Waals surface area contributed by atoms with Gasteiger partial charge in [-0.1, -0.05) is 31.5 Å². The Bertz CT molecular complexity index is 808. The number of hydrogen-bond donors (Lipinski definition) is 0. The first kappa shape index (κ1) is 21.1. The van der Waals surface area contributed by atoms with E-state index in [2.05, 4.69) is 25.0 Å². The number of carbonyl (C=O) groups excluding carboxylic acids is 1. The molecule has 1 amide bonds. The molecule has 1 unspecified atom stereocenters. The minimum Gasteiger partial charge on any atom is -0.376 e. The van der Waals surface area contributed by atoms with Crippen molar-refractivity contribution in [2.24, 2.45) is 5.92 Å². The Kier molecular flexibility index (Phi) is 7.32. The van der Waals surface area contributed by atoms with E-state index in [1.807, 2.05) is 28.0 Å². The minimum absolute atomic E-state index is 0.0315. The molecule has 1 saturated heterocycles. The Hall–Kier alpha value is -1.63. The molecule has 1 aliphatic heterocycles. The quantitative estimate of drug-likeness (QED) is 0.576. The minimum atomic E-state index is -0.0315. The number of hydrogen-bond acceptors (Lipinski definition) is 4. The molecule has 0 N–H and O–H groups in total. The van der Waals surface area contributed by atoms with Crippen LogP contribution in [-0.4, -0.2) is 39.8 Å². The van der Waals surface area contributed by atoms with Gasteiger partial charge in [-0.25, -0.2) is 0 Å². The normalized spacial score (nSPS) is 17.1. The van der Waals surface area contributed by atoms with Crippen LogP contribution in [0.1, 0.15) is 42.8 Å². The van der Waals surface area contributed by atoms with Gasteiger partial charge in [-0.15, -0.1) is 11.3 Å². The number of carbonyl (C=O) groups is 1. The van der Waals surface area contributed by atoms with Crippen molar-refractivity contribution in [1.82, 2.24) is 14.7 Å². The maximum Gasteiger partial charge on any atom is 0.246 e. The Morgan fingerprint density at radius 2 is 2.36 bits per heavy atom. The molecular formula is C21H28ClN3O2S. The van der Waals surface area contributed by atoms with Gasteiger partial charge in [0.05, 0.1) is 18.3 Å². The SMILES string of the molecule is Cc1nn(CC(C)C)c(Cl)c1/C=C/C(=O)N(Cc1cccs1)CC1CCCO1. The third-order valence-corrected chi connectivity index (χ3v) is 5.99. The van der Waals surface area contributed by atoms with Crippen LogP contribution < -0.4 is 0 Å². The van der Waals surface area contributed by atoms with Crippen LogP contribution >= 0.6 is 22.9 Å². The van der Waals surface area contributed by atoms with Crippen molar-refractivity contribution < 1.29 is 9.53 Å². The smallest absolute Gasteiger partial charge is 0.246 e. The molecule has 1 fully saturated rings. The van der Waals surface area contributed by atoms with Crippen molar-refractivity contribution in [2.75, 3.05) is 13.2 Å². The van der Waals surface area contributed by atoms with E-state index in [-0.39, 0.29) is 12.0 Å². The van der Waals surface area contributed by atoms with E-state index in [0.29, 0.717) is 24.2 Å². The first-order valence-corrected chi connectivity index (χ1v) is 11.0. The summed E-state index contributed by atoms with van der Waals surface area (Å²) in [6, 6.07) is 4.07. The molecule has 0 spiro atoms. The number of aryl methyl sites for hydroxylation is 1. The zero-order valence-electron chi connectivity index (χ0n) is 16.7. The van der Waals surface area contributed by atoms with Crippen molar-refractivity contribution in [3.63, 3.8) is 0 Å². The molecule has 0 aliphatic carbocycles. The van der Waals surface area contributed by atoms with Gasteiger partial charge in [0.25, 0.3) is 0 Å². The Labute approximate surface area is 175 Å². The maximum atomic E-state index is 13.0. The highest BCUT2D eigenvalue weighted by atomic mass is 35.5. The highest BCUT2D eigenvalue weighted by Gasteiger charge is 2.22. The monoisotopic (exact) mass is 421 g/mol. The summed E-state index contributed by atoms with van der Waals surface area (Å²) in [5.74, 6) is 0.416. The number of ether oxygens (including phenoxy) is 1. The Morgan fingerprint density at radius 3 is 3.00 bits per heavy atom. The number of thiophene rings is 1. The topological polar surface area (TPSA) is 47.4 Å². The van der Waals surface area contributed by atoms with E-state index in [4.69, 9.17) is 16.3 Å². The first-order valence-electron chi connectivity index (χ1n) is 9.78. The van der Waals surface area contributed by atoms with E-state index in [9.17, 15) is 4.79 Å². The van der Waals surface area contributed by atoms with Gasteiger partial charge in [-0.2, -0.15) is 5.10 Å². The second-order valence-electron chi connectivity index (χ2n) is 7.63. The van der Waals surface area contributed by atoms with Crippen LogP contribution in [0, 0.1) is 12.8 Å². The molecule has 2 aromatic rings. The van der Waals surface area contributed by atoms with Gasteiger partial charge in [0.15, 0.2) is 0 Å². The highest BCUT2D eigenvalue weighted by Crippen LogP contribution is 2.23. The molecule has 0 radical (unpaired) electrons. The van der Waals surface area contributed by atoms with Gasteiger partial charge in [0.1, 0.15) is 5.15 Å². The summed E-state index contributed by atoms with van der Waals surface area (Å²) in [7, 11) is 0. The van der Waals surface area contributed by atoms with Gasteiger partial charge in [0.2, 0.25) is 5.91 Å². The lowest BCUT2D eigenvalue weighted by Crippen LogP contribution is -2.35. The lowest BCUT2D eigenvalue weighted by molar-refractivity contribution is -0.128. The van der Waals surface area contributed by atoms with Gasteiger partial charge in [0, 0.05) is 36.2 Å². The molecule has 2 aromatic heterocycles. The van der Waals surface area contributed by atoms with Crippen molar-refractivity contribution >= 4 is 34.9 Å². The van der Waals surface area contributed by atoms with Gasteiger partial charge in [-0.05, 0) is 43.2 Å². The van der Waals surface area contributed by atoms with Crippen molar-refractivity contribution in [2.45, 2.75) is 52.8 Å². The summed E-state index contributed by atoms with van der Waals surface area (Å²) >= 11 is 8.16. The van der Waals surface area contributed by atoms with Crippen LogP contribution in [0.4, 0.5) is 0 Å². The average Bonchev–Trinajstić information content (AvgIpc) is 3.37. The number of amides is 1. The Morgan fingerprint density at radius 1 is 1.54 bits per heavy atom. The van der Waals surface area contributed by atoms with Crippen LogP contribution in [0.2, 0.25) is 5.15 Å². The van der Waals surface area contributed by atoms with Crippen molar-refractivity contribution in [3.8, 4) is 0 Å². The second-order valence-corrected chi connectivity index (χ2v) is 9.02. The maximum absolute atomic E-state index is 13.0. The van der Waals surface area contributed by atoms with E-state index in [0.717, 1.165) is 37.3 Å². The molecule has 1 atom stereocenters. The zero-order valence-corrected chi connectivity index (χ0v) is 18.3. The van der Waals surface area contributed by atoms with E-state index in [1.54, 1.807) is 23.5 Å². The van der Waals surface area contributed by atoms with Gasteiger partial charge >= 0.3 is 0 Å². The summed E-state index contributed by atoms with van der Waals surface area (Å²) in [5, 5.41) is 7.12. The van der Waals surface area contributed by atoms with Gasteiger partial charge in [-0.3, -0.25) is 9.48 Å². The summed E-state index contributed by atoms with van der Waals surface area (Å²) in [5.41, 5.74) is 1.64. The van der Waals surface area contributed by atoms with Crippen LogP contribution in [0.5, 0.6) is 0 Å². The predicted molar refractivity (Wildman–Crippen MR) is 115 cm³/mol. The summed E-state index contributed by atoms with van der Waals surface area (Å²) in [4.78, 5) is 16.0. The van der Waals surface area contributed by atoms with Crippen LogP contribution in [-0.2, 0) is 22.6 Å². The highest BCUT2D eigenvalue weighted by molar-refractivity contribution is 7.09. The van der Waals surface area contributed by atoms with Crippen molar-refractivity contribution in [1.29, 1.82) is 0 Å².